The molecule has 1 saturated heterocycles. The maximum absolute atomic E-state index is 12.4. The molecular weight excluding hydrogens is 357 g/mol. The number of amides is 1. The van der Waals surface area contributed by atoms with Gasteiger partial charge in [-0.2, -0.15) is 13.2 Å². The van der Waals surface area contributed by atoms with Crippen LogP contribution in [-0.2, 0) is 11.3 Å². The van der Waals surface area contributed by atoms with Crippen molar-refractivity contribution < 1.29 is 18.0 Å². The fourth-order valence-electron chi connectivity index (χ4n) is 3.11. The van der Waals surface area contributed by atoms with Crippen LogP contribution in [0.4, 0.5) is 13.2 Å². The Morgan fingerprint density at radius 1 is 1.32 bits per heavy atom. The number of aryl methyl sites for hydroxylation is 1. The van der Waals surface area contributed by atoms with Gasteiger partial charge in [-0.3, -0.25) is 19.7 Å². The summed E-state index contributed by atoms with van der Waals surface area (Å²) in [6, 6.07) is -0.281. The van der Waals surface area contributed by atoms with E-state index >= 15 is 0 Å². The first-order valence-electron chi connectivity index (χ1n) is 8.00. The van der Waals surface area contributed by atoms with E-state index in [1.54, 1.807) is 12.4 Å². The molecule has 1 aromatic rings. The minimum absolute atomic E-state index is 0. The van der Waals surface area contributed by atoms with Crippen LogP contribution in [-0.4, -0.2) is 46.1 Å². The van der Waals surface area contributed by atoms with Gasteiger partial charge in [-0.15, -0.1) is 12.4 Å². The van der Waals surface area contributed by atoms with E-state index in [9.17, 15) is 18.0 Å². The summed E-state index contributed by atoms with van der Waals surface area (Å²) in [5.41, 5.74) is 1.69. The van der Waals surface area contributed by atoms with Crippen LogP contribution >= 0.6 is 12.4 Å². The Morgan fingerprint density at radius 2 is 1.96 bits per heavy atom. The highest BCUT2D eigenvalue weighted by molar-refractivity contribution is 5.85. The normalized spacial score (nSPS) is 21.2. The largest absolute Gasteiger partial charge is 0.397 e. The predicted molar refractivity (Wildman–Crippen MR) is 90.2 cm³/mol. The number of halogens is 4. The molecule has 2 rings (SSSR count). The summed E-state index contributed by atoms with van der Waals surface area (Å²) < 4.78 is 37.1. The molecule has 0 unspecified atom stereocenters. The van der Waals surface area contributed by atoms with Gasteiger partial charge in [-0.1, -0.05) is 13.8 Å². The van der Waals surface area contributed by atoms with Gasteiger partial charge in [0.1, 0.15) is 6.42 Å². The molecule has 5 nitrogen and oxygen atoms in total. The van der Waals surface area contributed by atoms with E-state index in [0.717, 1.165) is 11.4 Å². The van der Waals surface area contributed by atoms with Gasteiger partial charge in [0.2, 0.25) is 5.91 Å². The van der Waals surface area contributed by atoms with Gasteiger partial charge in [0.15, 0.2) is 0 Å². The summed E-state index contributed by atoms with van der Waals surface area (Å²) in [5, 5.41) is 2.56. The summed E-state index contributed by atoms with van der Waals surface area (Å²) in [4.78, 5) is 22.2. The first kappa shape index (κ1) is 21.6. The quantitative estimate of drug-likeness (QED) is 0.853. The maximum atomic E-state index is 12.4. The average Bonchev–Trinajstić information content (AvgIpc) is 2.82. The van der Waals surface area contributed by atoms with E-state index in [0.29, 0.717) is 19.6 Å². The van der Waals surface area contributed by atoms with Crippen molar-refractivity contribution in [3.63, 3.8) is 0 Å². The molecule has 0 aromatic carbocycles. The third kappa shape index (κ3) is 6.43. The van der Waals surface area contributed by atoms with Crippen molar-refractivity contribution in [1.82, 2.24) is 20.2 Å². The van der Waals surface area contributed by atoms with Crippen LogP contribution in [0.15, 0.2) is 12.4 Å². The molecule has 0 radical (unpaired) electrons. The zero-order valence-corrected chi connectivity index (χ0v) is 15.3. The second-order valence-corrected chi connectivity index (χ2v) is 6.66. The Balaban J connectivity index is 0.00000312. The number of rotatable bonds is 5. The van der Waals surface area contributed by atoms with Gasteiger partial charge in [-0.25, -0.2) is 0 Å². The topological polar surface area (TPSA) is 58.1 Å². The molecular formula is C16H24ClF3N4O. The standard InChI is InChI=1S/C16H23F3N4O.ClH/c1-10(2)12-7-23(8-13-11(3)20-4-5-21-13)9-14(12)22-15(24)6-16(17,18)19;/h4-5,10,12,14H,6-9H2,1-3H3,(H,22,24);1H/t12-,14+;/m1./s1. The number of hydrogen-bond acceptors (Lipinski definition) is 4. The van der Waals surface area contributed by atoms with Gasteiger partial charge >= 0.3 is 6.18 Å². The molecule has 9 heteroatoms. The number of carbonyl (C=O) groups excluding carboxylic acids is 1. The van der Waals surface area contributed by atoms with Gasteiger partial charge in [0.05, 0.1) is 11.4 Å². The lowest BCUT2D eigenvalue weighted by Gasteiger charge is -2.23. The number of nitrogens with zero attached hydrogens (tertiary/aromatic N) is 3. The number of alkyl halides is 3. The molecule has 1 aliphatic rings. The van der Waals surface area contributed by atoms with E-state index in [2.05, 4.69) is 20.2 Å². The highest BCUT2D eigenvalue weighted by Gasteiger charge is 2.38. The SMILES string of the molecule is Cc1nccnc1CN1C[C@H](NC(=O)CC(F)(F)F)[C@@H](C(C)C)C1.Cl. The summed E-state index contributed by atoms with van der Waals surface area (Å²) in [7, 11) is 0. The lowest BCUT2D eigenvalue weighted by molar-refractivity contribution is -0.154. The summed E-state index contributed by atoms with van der Waals surface area (Å²) in [6.07, 6.45) is -2.66. The smallest absolute Gasteiger partial charge is 0.351 e. The lowest BCUT2D eigenvalue weighted by Crippen LogP contribution is -2.43. The molecule has 0 spiro atoms. The van der Waals surface area contributed by atoms with Crippen molar-refractivity contribution >= 4 is 18.3 Å². The molecule has 2 heterocycles. The van der Waals surface area contributed by atoms with E-state index in [1.165, 1.54) is 0 Å². The first-order chi connectivity index (χ1) is 11.2. The van der Waals surface area contributed by atoms with E-state index < -0.39 is 18.5 Å². The first-order valence-corrected chi connectivity index (χ1v) is 8.00. The molecule has 0 bridgehead atoms. The van der Waals surface area contributed by atoms with Crippen molar-refractivity contribution in [2.24, 2.45) is 11.8 Å². The minimum Gasteiger partial charge on any atom is -0.351 e. The molecule has 25 heavy (non-hydrogen) atoms. The Kier molecular flexibility index (Phi) is 7.62. The van der Waals surface area contributed by atoms with Crippen LogP contribution in [0.5, 0.6) is 0 Å². The third-order valence-electron chi connectivity index (χ3n) is 4.36. The Morgan fingerprint density at radius 3 is 2.52 bits per heavy atom. The Bertz CT molecular complexity index is 583. The monoisotopic (exact) mass is 380 g/mol. The number of hydrogen-bond donors (Lipinski definition) is 1. The van der Waals surface area contributed by atoms with Crippen molar-refractivity contribution in [3.8, 4) is 0 Å². The molecule has 1 fully saturated rings. The lowest BCUT2D eigenvalue weighted by atomic mass is 9.91. The van der Waals surface area contributed by atoms with Crippen molar-refractivity contribution in [3.05, 3.63) is 23.8 Å². The van der Waals surface area contributed by atoms with E-state index in [4.69, 9.17) is 0 Å². The average molecular weight is 381 g/mol. The summed E-state index contributed by atoms with van der Waals surface area (Å²) in [5.74, 6) is -0.594. The predicted octanol–water partition coefficient (Wildman–Crippen LogP) is 2.73. The zero-order valence-electron chi connectivity index (χ0n) is 14.5. The molecule has 142 valence electrons. The summed E-state index contributed by atoms with van der Waals surface area (Å²) >= 11 is 0. The van der Waals surface area contributed by atoms with Crippen molar-refractivity contribution in [1.29, 1.82) is 0 Å². The highest BCUT2D eigenvalue weighted by atomic mass is 35.5. The van der Waals surface area contributed by atoms with Crippen LogP contribution in [0.25, 0.3) is 0 Å². The Hall–Kier alpha value is -1.41. The second kappa shape index (κ2) is 8.80. The van der Waals surface area contributed by atoms with Gasteiger partial charge < -0.3 is 5.32 Å². The Labute approximate surface area is 151 Å². The van der Waals surface area contributed by atoms with Crippen LogP contribution < -0.4 is 5.32 Å². The fraction of sp³-hybridized carbons (Fsp3) is 0.688. The third-order valence-corrected chi connectivity index (χ3v) is 4.36. The van der Waals surface area contributed by atoms with Crippen LogP contribution in [0.2, 0.25) is 0 Å². The second-order valence-electron chi connectivity index (χ2n) is 6.66. The van der Waals surface area contributed by atoms with Gasteiger partial charge in [0.25, 0.3) is 0 Å². The number of carbonyl (C=O) groups is 1. The van der Waals surface area contributed by atoms with E-state index in [1.807, 2.05) is 20.8 Å². The van der Waals surface area contributed by atoms with Crippen LogP contribution in [0.1, 0.15) is 31.7 Å². The molecule has 1 aliphatic heterocycles. The minimum atomic E-state index is -4.48. The number of nitrogens with one attached hydrogen (secondary N) is 1. The summed E-state index contributed by atoms with van der Waals surface area (Å²) in [6.45, 7) is 7.72. The fourth-order valence-corrected chi connectivity index (χ4v) is 3.11. The molecule has 0 saturated carbocycles. The van der Waals surface area contributed by atoms with Crippen LogP contribution in [0, 0.1) is 18.8 Å². The number of likely N-dealkylation sites (tertiary alicyclic amines) is 1. The maximum Gasteiger partial charge on any atom is 0.397 e. The van der Waals surface area contributed by atoms with Gasteiger partial charge in [-0.05, 0) is 18.8 Å². The highest BCUT2D eigenvalue weighted by Crippen LogP contribution is 2.27. The van der Waals surface area contributed by atoms with E-state index in [-0.39, 0.29) is 30.3 Å². The zero-order chi connectivity index (χ0) is 17.9. The van der Waals surface area contributed by atoms with Crippen molar-refractivity contribution in [2.75, 3.05) is 13.1 Å². The van der Waals surface area contributed by atoms with Crippen molar-refractivity contribution in [2.45, 2.75) is 46.0 Å². The molecule has 2 atom stereocenters. The molecule has 0 aliphatic carbocycles. The molecule has 1 N–H and O–H groups in total. The number of aromatic nitrogens is 2. The van der Waals surface area contributed by atoms with Gasteiger partial charge in [0, 0.05) is 38.1 Å². The molecule has 1 amide bonds. The molecule has 1 aromatic heterocycles. The van der Waals surface area contributed by atoms with Crippen LogP contribution in [0.3, 0.4) is 0 Å².